The van der Waals surface area contributed by atoms with E-state index in [4.69, 9.17) is 4.74 Å². The first kappa shape index (κ1) is 19.0. The van der Waals surface area contributed by atoms with Gasteiger partial charge in [-0.05, 0) is 43.2 Å². The molecule has 0 saturated carbocycles. The van der Waals surface area contributed by atoms with E-state index in [9.17, 15) is 9.90 Å². The normalized spacial score (nSPS) is 12.2. The molecule has 1 atom stereocenters. The minimum absolute atomic E-state index is 0.161. The van der Waals surface area contributed by atoms with Crippen LogP contribution in [-0.4, -0.2) is 25.9 Å². The minimum atomic E-state index is -0.801. The lowest BCUT2D eigenvalue weighted by Crippen LogP contribution is -2.24. The molecule has 6 heteroatoms. The van der Waals surface area contributed by atoms with E-state index in [1.165, 1.54) is 4.57 Å². The van der Waals surface area contributed by atoms with Crippen molar-refractivity contribution >= 4 is 5.52 Å². The van der Waals surface area contributed by atoms with Crippen molar-refractivity contribution < 1.29 is 9.84 Å². The first-order valence-corrected chi connectivity index (χ1v) is 9.62. The quantitative estimate of drug-likeness (QED) is 0.547. The van der Waals surface area contributed by atoms with Crippen LogP contribution in [0.2, 0.25) is 0 Å². The summed E-state index contributed by atoms with van der Waals surface area (Å²) in [6.45, 7) is 4.69. The zero-order valence-corrected chi connectivity index (χ0v) is 16.4. The van der Waals surface area contributed by atoms with Crippen molar-refractivity contribution in [1.29, 1.82) is 0 Å². The number of hydrogen-bond donors (Lipinski definition) is 1. The number of ether oxygens (including phenoxy) is 1. The molecule has 0 amide bonds. The summed E-state index contributed by atoms with van der Waals surface area (Å²) in [6, 6.07) is 17.0. The number of nitrogens with zero attached hydrogens (tertiary/aromatic N) is 3. The molecule has 0 saturated heterocycles. The van der Waals surface area contributed by atoms with E-state index in [1.807, 2.05) is 62.4 Å². The zero-order valence-electron chi connectivity index (χ0n) is 16.4. The van der Waals surface area contributed by atoms with Gasteiger partial charge in [0.15, 0.2) is 0 Å². The third-order valence-corrected chi connectivity index (χ3v) is 4.97. The van der Waals surface area contributed by atoms with Crippen molar-refractivity contribution in [2.45, 2.75) is 26.5 Å². The highest BCUT2D eigenvalue weighted by molar-refractivity contribution is 5.68. The molecular weight excluding hydrogens is 366 g/mol. The fourth-order valence-corrected chi connectivity index (χ4v) is 3.41. The molecule has 0 fully saturated rings. The molecule has 0 radical (unpaired) electrons. The molecule has 0 unspecified atom stereocenters. The molecule has 4 rings (SSSR count). The summed E-state index contributed by atoms with van der Waals surface area (Å²) in [7, 11) is 0. The minimum Gasteiger partial charge on any atom is -0.494 e. The third-order valence-electron chi connectivity index (χ3n) is 4.97. The second-order valence-corrected chi connectivity index (χ2v) is 6.95. The van der Waals surface area contributed by atoms with Gasteiger partial charge in [0.25, 0.3) is 5.56 Å². The van der Waals surface area contributed by atoms with E-state index in [1.54, 1.807) is 23.0 Å². The van der Waals surface area contributed by atoms with Crippen LogP contribution in [0.4, 0.5) is 0 Å². The maximum Gasteiger partial charge on any atom is 0.276 e. The number of hydrogen-bond acceptors (Lipinski definition) is 4. The lowest BCUT2D eigenvalue weighted by Gasteiger charge is -2.14. The van der Waals surface area contributed by atoms with Crippen LogP contribution in [0, 0.1) is 6.92 Å². The molecular formula is C23H23N3O3. The molecule has 6 nitrogen and oxygen atoms in total. The van der Waals surface area contributed by atoms with Crippen molar-refractivity contribution in [1.82, 2.24) is 14.2 Å². The van der Waals surface area contributed by atoms with Crippen LogP contribution in [0.1, 0.15) is 24.2 Å². The summed E-state index contributed by atoms with van der Waals surface area (Å²) < 4.78 is 8.53. The number of aliphatic hydroxyl groups excluding tert-OH is 1. The molecule has 0 aliphatic heterocycles. The number of aliphatic hydroxyl groups is 1. The van der Waals surface area contributed by atoms with Gasteiger partial charge in [0.2, 0.25) is 0 Å². The fraction of sp³-hybridized carbons (Fsp3) is 0.217. The van der Waals surface area contributed by atoms with Gasteiger partial charge in [0.05, 0.1) is 24.9 Å². The Kier molecular flexibility index (Phi) is 5.18. The average Bonchev–Trinajstić information content (AvgIpc) is 3.16. The zero-order chi connectivity index (χ0) is 20.4. The molecule has 148 valence electrons. The Balaban J connectivity index is 1.62. The third kappa shape index (κ3) is 3.79. The molecule has 2 aromatic carbocycles. The van der Waals surface area contributed by atoms with Gasteiger partial charge in [0, 0.05) is 18.0 Å². The summed E-state index contributed by atoms with van der Waals surface area (Å²) in [6.07, 6.45) is 2.59. The summed E-state index contributed by atoms with van der Waals surface area (Å²) in [5.41, 5.74) is 3.87. The van der Waals surface area contributed by atoms with Gasteiger partial charge < -0.3 is 14.4 Å². The predicted molar refractivity (Wildman–Crippen MR) is 112 cm³/mol. The number of fused-ring (bicyclic) bond motifs is 1. The molecule has 0 aliphatic rings. The lowest BCUT2D eigenvalue weighted by molar-refractivity contribution is 0.155. The molecule has 0 bridgehead atoms. The van der Waals surface area contributed by atoms with E-state index in [0.717, 1.165) is 28.1 Å². The standard InChI is InChI=1S/C23H23N3O3/c1-3-29-18-10-8-17(9-11-18)22(27)15-25-12-13-26-21(23(25)28)14-20(24-26)19-7-5-4-6-16(19)2/h4-14,22,27H,3,15H2,1-2H3/t22-/m1/s1. The first-order valence-electron chi connectivity index (χ1n) is 9.62. The van der Waals surface area contributed by atoms with Crippen LogP contribution in [0.25, 0.3) is 16.8 Å². The summed E-state index contributed by atoms with van der Waals surface area (Å²) in [5, 5.41) is 15.1. The Morgan fingerprint density at radius 3 is 2.59 bits per heavy atom. The Hall–Kier alpha value is -3.38. The smallest absolute Gasteiger partial charge is 0.276 e. The molecule has 0 spiro atoms. The van der Waals surface area contributed by atoms with Crippen molar-refractivity contribution in [2.24, 2.45) is 0 Å². The largest absolute Gasteiger partial charge is 0.494 e. The SMILES string of the molecule is CCOc1ccc([C@H](O)Cn2ccn3nc(-c4ccccc4C)cc3c2=O)cc1. The average molecular weight is 389 g/mol. The van der Waals surface area contributed by atoms with E-state index >= 15 is 0 Å². The van der Waals surface area contributed by atoms with E-state index in [0.29, 0.717) is 12.1 Å². The van der Waals surface area contributed by atoms with Crippen LogP contribution in [0.15, 0.2) is 71.8 Å². The highest BCUT2D eigenvalue weighted by Gasteiger charge is 2.14. The Bertz CT molecular complexity index is 1190. The first-order chi connectivity index (χ1) is 14.1. The van der Waals surface area contributed by atoms with E-state index in [-0.39, 0.29) is 12.1 Å². The van der Waals surface area contributed by atoms with Gasteiger partial charge in [-0.25, -0.2) is 4.52 Å². The van der Waals surface area contributed by atoms with Crippen LogP contribution in [0.3, 0.4) is 0 Å². The Labute approximate surface area is 168 Å². The predicted octanol–water partition coefficient (Wildman–Crippen LogP) is 3.60. The van der Waals surface area contributed by atoms with Crippen LogP contribution >= 0.6 is 0 Å². The topological polar surface area (TPSA) is 68.8 Å². The highest BCUT2D eigenvalue weighted by Crippen LogP contribution is 2.22. The van der Waals surface area contributed by atoms with Crippen molar-refractivity contribution in [2.75, 3.05) is 6.61 Å². The molecule has 29 heavy (non-hydrogen) atoms. The van der Waals surface area contributed by atoms with Crippen molar-refractivity contribution in [3.8, 4) is 17.0 Å². The fourth-order valence-electron chi connectivity index (χ4n) is 3.41. The molecule has 0 aliphatic carbocycles. The number of rotatable bonds is 6. The van der Waals surface area contributed by atoms with Gasteiger partial charge >= 0.3 is 0 Å². The Morgan fingerprint density at radius 1 is 1.10 bits per heavy atom. The summed E-state index contributed by atoms with van der Waals surface area (Å²) in [4.78, 5) is 12.9. The van der Waals surface area contributed by atoms with Gasteiger partial charge in [-0.2, -0.15) is 5.10 Å². The maximum absolute atomic E-state index is 12.9. The van der Waals surface area contributed by atoms with Crippen LogP contribution < -0.4 is 10.3 Å². The number of aryl methyl sites for hydroxylation is 1. The lowest BCUT2D eigenvalue weighted by atomic mass is 10.1. The van der Waals surface area contributed by atoms with Crippen LogP contribution in [0.5, 0.6) is 5.75 Å². The maximum atomic E-state index is 12.9. The second kappa shape index (κ2) is 7.93. The van der Waals surface area contributed by atoms with Gasteiger partial charge in [-0.3, -0.25) is 4.79 Å². The summed E-state index contributed by atoms with van der Waals surface area (Å²) >= 11 is 0. The van der Waals surface area contributed by atoms with Gasteiger partial charge in [-0.1, -0.05) is 36.4 Å². The van der Waals surface area contributed by atoms with Crippen LogP contribution in [-0.2, 0) is 6.54 Å². The van der Waals surface area contributed by atoms with Crippen molar-refractivity contribution in [3.63, 3.8) is 0 Å². The highest BCUT2D eigenvalue weighted by atomic mass is 16.5. The van der Waals surface area contributed by atoms with Gasteiger partial charge in [0.1, 0.15) is 11.3 Å². The molecule has 2 heterocycles. The second-order valence-electron chi connectivity index (χ2n) is 6.95. The van der Waals surface area contributed by atoms with Crippen molar-refractivity contribution in [3.05, 3.63) is 88.5 Å². The summed E-state index contributed by atoms with van der Waals surface area (Å²) in [5.74, 6) is 0.755. The van der Waals surface area contributed by atoms with E-state index in [2.05, 4.69) is 5.10 Å². The van der Waals surface area contributed by atoms with Gasteiger partial charge in [-0.15, -0.1) is 0 Å². The molecule has 4 aromatic rings. The number of aromatic nitrogens is 3. The monoisotopic (exact) mass is 389 g/mol. The number of benzene rings is 2. The Morgan fingerprint density at radius 2 is 1.86 bits per heavy atom. The van der Waals surface area contributed by atoms with E-state index < -0.39 is 6.10 Å². The molecule has 1 N–H and O–H groups in total. The molecule has 2 aromatic heterocycles.